The monoisotopic (exact) mass is 249 g/mol. The minimum Gasteiger partial charge on any atom is -0.377 e. The summed E-state index contributed by atoms with van der Waals surface area (Å²) in [6.07, 6.45) is 1.80. The van der Waals surface area contributed by atoms with Gasteiger partial charge in [-0.3, -0.25) is 0 Å². The molecule has 0 bridgehead atoms. The maximum absolute atomic E-state index is 6.36. The molecular weight excluding hydrogens is 222 g/mol. The van der Waals surface area contributed by atoms with E-state index in [0.717, 1.165) is 12.8 Å². The maximum Gasteiger partial charge on any atom is 0.0801 e. The number of nitrogens with two attached hydrogens (primary N) is 1. The summed E-state index contributed by atoms with van der Waals surface area (Å²) in [5.41, 5.74) is 11.4. The standard InChI is InChI=1S/C16H27NO/c1-7-16(5,18-6)15(17)10-14-12(3)8-11(2)9-13(14)4/h8-9,15H,7,10,17H2,1-6H3. The average Bonchev–Trinajstić information content (AvgIpc) is 2.32. The van der Waals surface area contributed by atoms with Crippen molar-refractivity contribution in [1.82, 2.24) is 0 Å². The minimum atomic E-state index is -0.246. The first kappa shape index (κ1) is 15.2. The molecule has 2 nitrogen and oxygen atoms in total. The molecule has 0 radical (unpaired) electrons. The summed E-state index contributed by atoms with van der Waals surface area (Å²) in [5.74, 6) is 0. The fourth-order valence-corrected chi connectivity index (χ4v) is 2.53. The van der Waals surface area contributed by atoms with Gasteiger partial charge in [-0.05, 0) is 57.2 Å². The van der Waals surface area contributed by atoms with Crippen LogP contribution in [0.3, 0.4) is 0 Å². The number of hydrogen-bond acceptors (Lipinski definition) is 2. The van der Waals surface area contributed by atoms with Gasteiger partial charge in [0.05, 0.1) is 5.60 Å². The molecule has 2 unspecified atom stereocenters. The molecule has 0 spiro atoms. The summed E-state index contributed by atoms with van der Waals surface area (Å²) in [5, 5.41) is 0. The number of aryl methyl sites for hydroxylation is 3. The summed E-state index contributed by atoms with van der Waals surface area (Å²) in [4.78, 5) is 0. The van der Waals surface area contributed by atoms with Crippen LogP contribution >= 0.6 is 0 Å². The molecule has 0 aromatic heterocycles. The molecule has 2 atom stereocenters. The van der Waals surface area contributed by atoms with Crippen LogP contribution in [0.5, 0.6) is 0 Å². The van der Waals surface area contributed by atoms with Gasteiger partial charge in [0.2, 0.25) is 0 Å². The molecule has 2 heteroatoms. The fourth-order valence-electron chi connectivity index (χ4n) is 2.53. The highest BCUT2D eigenvalue weighted by Crippen LogP contribution is 2.24. The van der Waals surface area contributed by atoms with Crippen LogP contribution in [0.2, 0.25) is 0 Å². The van der Waals surface area contributed by atoms with Crippen molar-refractivity contribution >= 4 is 0 Å². The van der Waals surface area contributed by atoms with Gasteiger partial charge in [0.15, 0.2) is 0 Å². The van der Waals surface area contributed by atoms with E-state index in [-0.39, 0.29) is 11.6 Å². The van der Waals surface area contributed by atoms with Crippen molar-refractivity contribution in [1.29, 1.82) is 0 Å². The molecule has 0 aliphatic heterocycles. The summed E-state index contributed by atoms with van der Waals surface area (Å²) < 4.78 is 5.60. The fraction of sp³-hybridized carbons (Fsp3) is 0.625. The zero-order valence-corrected chi connectivity index (χ0v) is 12.6. The van der Waals surface area contributed by atoms with Crippen LogP contribution in [0.15, 0.2) is 12.1 Å². The van der Waals surface area contributed by atoms with Crippen molar-refractivity contribution in [2.45, 2.75) is 59.1 Å². The molecule has 1 rings (SSSR count). The Kier molecular flexibility index (Phi) is 4.94. The Morgan fingerprint density at radius 1 is 1.22 bits per heavy atom. The predicted octanol–water partition coefficient (Wildman–Crippen LogP) is 3.30. The second kappa shape index (κ2) is 5.85. The molecule has 0 aliphatic carbocycles. The highest BCUT2D eigenvalue weighted by Gasteiger charge is 2.30. The Hall–Kier alpha value is -0.860. The molecule has 0 aliphatic rings. The molecule has 102 valence electrons. The lowest BCUT2D eigenvalue weighted by molar-refractivity contribution is -0.0185. The van der Waals surface area contributed by atoms with Crippen LogP contribution in [-0.4, -0.2) is 18.8 Å². The molecule has 0 amide bonds. The van der Waals surface area contributed by atoms with Crippen LogP contribution in [0, 0.1) is 20.8 Å². The van der Waals surface area contributed by atoms with E-state index in [0.29, 0.717) is 0 Å². The zero-order valence-electron chi connectivity index (χ0n) is 12.6. The first-order valence-corrected chi connectivity index (χ1v) is 6.71. The van der Waals surface area contributed by atoms with Crippen LogP contribution in [0.1, 0.15) is 42.5 Å². The summed E-state index contributed by atoms with van der Waals surface area (Å²) in [6.45, 7) is 10.7. The Labute approximate surface area is 112 Å². The van der Waals surface area contributed by atoms with Crippen molar-refractivity contribution in [3.05, 3.63) is 34.4 Å². The third-order valence-electron chi connectivity index (χ3n) is 4.22. The van der Waals surface area contributed by atoms with E-state index in [1.54, 1.807) is 7.11 Å². The van der Waals surface area contributed by atoms with Gasteiger partial charge in [0.25, 0.3) is 0 Å². The lowest BCUT2D eigenvalue weighted by Crippen LogP contribution is -2.48. The Balaban J connectivity index is 2.98. The number of methoxy groups -OCH3 is 1. The normalized spacial score (nSPS) is 16.4. The van der Waals surface area contributed by atoms with E-state index < -0.39 is 0 Å². The Morgan fingerprint density at radius 2 is 1.72 bits per heavy atom. The number of ether oxygens (including phenoxy) is 1. The van der Waals surface area contributed by atoms with Crippen LogP contribution in [0.4, 0.5) is 0 Å². The Morgan fingerprint density at radius 3 is 2.11 bits per heavy atom. The second-order valence-electron chi connectivity index (χ2n) is 5.56. The molecular formula is C16H27NO. The molecule has 18 heavy (non-hydrogen) atoms. The van der Waals surface area contributed by atoms with Crippen molar-refractivity contribution in [2.75, 3.05) is 7.11 Å². The van der Waals surface area contributed by atoms with E-state index in [9.17, 15) is 0 Å². The van der Waals surface area contributed by atoms with E-state index in [4.69, 9.17) is 10.5 Å². The van der Waals surface area contributed by atoms with Crippen LogP contribution in [-0.2, 0) is 11.2 Å². The molecule has 0 fully saturated rings. The van der Waals surface area contributed by atoms with Gasteiger partial charge in [-0.25, -0.2) is 0 Å². The SMILES string of the molecule is CCC(C)(OC)C(N)Cc1c(C)cc(C)cc1C. The zero-order chi connectivity index (χ0) is 13.9. The first-order valence-electron chi connectivity index (χ1n) is 6.71. The first-order chi connectivity index (χ1) is 8.34. The number of hydrogen-bond donors (Lipinski definition) is 1. The topological polar surface area (TPSA) is 35.2 Å². The van der Waals surface area contributed by atoms with E-state index in [1.165, 1.54) is 22.3 Å². The summed E-state index contributed by atoms with van der Waals surface area (Å²) in [6, 6.07) is 4.48. The highest BCUT2D eigenvalue weighted by atomic mass is 16.5. The second-order valence-corrected chi connectivity index (χ2v) is 5.56. The maximum atomic E-state index is 6.36. The summed E-state index contributed by atoms with van der Waals surface area (Å²) >= 11 is 0. The van der Waals surface area contributed by atoms with Crippen molar-refractivity contribution in [3.63, 3.8) is 0 Å². The molecule has 0 heterocycles. The molecule has 1 aromatic rings. The quantitative estimate of drug-likeness (QED) is 0.869. The van der Waals surface area contributed by atoms with Crippen molar-refractivity contribution in [3.8, 4) is 0 Å². The van der Waals surface area contributed by atoms with Gasteiger partial charge >= 0.3 is 0 Å². The molecule has 0 saturated heterocycles. The van der Waals surface area contributed by atoms with Crippen molar-refractivity contribution in [2.24, 2.45) is 5.73 Å². The lowest BCUT2D eigenvalue weighted by Gasteiger charge is -2.34. The van der Waals surface area contributed by atoms with Gasteiger partial charge < -0.3 is 10.5 Å². The summed E-state index contributed by atoms with van der Waals surface area (Å²) in [7, 11) is 1.75. The van der Waals surface area contributed by atoms with Gasteiger partial charge in [-0.15, -0.1) is 0 Å². The molecule has 0 saturated carbocycles. The molecule has 2 N–H and O–H groups in total. The lowest BCUT2D eigenvalue weighted by atomic mass is 9.86. The smallest absolute Gasteiger partial charge is 0.0801 e. The highest BCUT2D eigenvalue weighted by molar-refractivity contribution is 5.38. The van der Waals surface area contributed by atoms with Gasteiger partial charge in [0, 0.05) is 13.2 Å². The Bertz CT molecular complexity index is 385. The van der Waals surface area contributed by atoms with Crippen LogP contribution < -0.4 is 5.73 Å². The number of rotatable bonds is 5. The van der Waals surface area contributed by atoms with Gasteiger partial charge in [-0.2, -0.15) is 0 Å². The van der Waals surface area contributed by atoms with Gasteiger partial charge in [0.1, 0.15) is 0 Å². The predicted molar refractivity (Wildman–Crippen MR) is 78.0 cm³/mol. The third-order valence-corrected chi connectivity index (χ3v) is 4.22. The minimum absolute atomic E-state index is 0.0209. The largest absolute Gasteiger partial charge is 0.377 e. The van der Waals surface area contributed by atoms with Crippen molar-refractivity contribution < 1.29 is 4.74 Å². The van der Waals surface area contributed by atoms with Gasteiger partial charge in [-0.1, -0.05) is 24.6 Å². The third kappa shape index (κ3) is 3.12. The number of benzene rings is 1. The average molecular weight is 249 g/mol. The van der Waals surface area contributed by atoms with E-state index in [1.807, 2.05) is 0 Å². The van der Waals surface area contributed by atoms with Crippen LogP contribution in [0.25, 0.3) is 0 Å². The van der Waals surface area contributed by atoms with E-state index >= 15 is 0 Å². The molecule has 1 aromatic carbocycles. The van der Waals surface area contributed by atoms with E-state index in [2.05, 4.69) is 46.8 Å².